The second-order valence-corrected chi connectivity index (χ2v) is 16.4. The number of ether oxygens (including phenoxy) is 2. The van der Waals surface area contributed by atoms with Gasteiger partial charge in [0.05, 0.1) is 13.2 Å². The van der Waals surface area contributed by atoms with E-state index in [9.17, 15) is 19.0 Å². The highest BCUT2D eigenvalue weighted by Crippen LogP contribution is 2.43. The molecule has 9 nitrogen and oxygen atoms in total. The molecule has 54 heavy (non-hydrogen) atoms. The molecule has 0 bridgehead atoms. The standard InChI is InChI=1S/C44H84NO8P/c1-3-5-7-9-11-13-14-15-16-17-18-19-20-21-22-23-24-25-26-27-28-29-31-33-35-37-44(47)53-42(41-52-54(48,49)51-39-38-45)40-50-43(46)36-34-32-30-12-10-8-6-4-2/h14-15,17-18,42H,3-13,16,19-41,45H2,1-2H3,(H,48,49)/b15-14-,18-17-. The maximum atomic E-state index is 12.6. The molecule has 0 aromatic carbocycles. The van der Waals surface area contributed by atoms with Crippen molar-refractivity contribution in [2.75, 3.05) is 26.4 Å². The average molecular weight is 786 g/mol. The van der Waals surface area contributed by atoms with Crippen LogP contribution in [0.25, 0.3) is 0 Å². The summed E-state index contributed by atoms with van der Waals surface area (Å²) in [6, 6.07) is 0. The highest BCUT2D eigenvalue weighted by molar-refractivity contribution is 7.47. The Kier molecular flexibility index (Phi) is 40.0. The van der Waals surface area contributed by atoms with Crippen LogP contribution in [0.3, 0.4) is 0 Å². The van der Waals surface area contributed by atoms with E-state index in [4.69, 9.17) is 24.3 Å². The molecule has 0 saturated carbocycles. The molecule has 318 valence electrons. The zero-order chi connectivity index (χ0) is 39.6. The third kappa shape index (κ3) is 40.2. The van der Waals surface area contributed by atoms with Crippen LogP contribution in [-0.2, 0) is 32.7 Å². The Morgan fingerprint density at radius 3 is 1.41 bits per heavy atom. The highest BCUT2D eigenvalue weighted by atomic mass is 31.2. The Morgan fingerprint density at radius 1 is 0.556 bits per heavy atom. The molecule has 0 aromatic rings. The van der Waals surface area contributed by atoms with Gasteiger partial charge in [0.15, 0.2) is 6.10 Å². The molecule has 0 rings (SSSR count). The van der Waals surface area contributed by atoms with Crippen LogP contribution in [0.2, 0.25) is 0 Å². The first kappa shape index (κ1) is 52.5. The molecule has 0 amide bonds. The molecule has 10 heteroatoms. The molecule has 2 atom stereocenters. The van der Waals surface area contributed by atoms with Gasteiger partial charge in [0.25, 0.3) is 0 Å². The van der Waals surface area contributed by atoms with Gasteiger partial charge in [-0.2, -0.15) is 0 Å². The lowest BCUT2D eigenvalue weighted by Crippen LogP contribution is -2.29. The van der Waals surface area contributed by atoms with Crippen LogP contribution in [0, 0.1) is 0 Å². The fourth-order valence-corrected chi connectivity index (χ4v) is 7.02. The molecule has 3 N–H and O–H groups in total. The summed E-state index contributed by atoms with van der Waals surface area (Å²) in [5.41, 5.74) is 5.34. The molecule has 0 spiro atoms. The lowest BCUT2D eigenvalue weighted by molar-refractivity contribution is -0.161. The Labute approximate surface area is 332 Å². The lowest BCUT2D eigenvalue weighted by Gasteiger charge is -2.19. The van der Waals surface area contributed by atoms with Gasteiger partial charge in [-0.1, -0.05) is 179 Å². The fraction of sp³-hybridized carbons (Fsp3) is 0.864. The predicted molar refractivity (Wildman–Crippen MR) is 224 cm³/mol. The van der Waals surface area contributed by atoms with E-state index in [0.29, 0.717) is 6.42 Å². The second kappa shape index (κ2) is 41.1. The van der Waals surface area contributed by atoms with Crippen molar-refractivity contribution >= 4 is 19.8 Å². The number of unbranched alkanes of at least 4 members (excludes halogenated alkanes) is 25. The summed E-state index contributed by atoms with van der Waals surface area (Å²) >= 11 is 0. The van der Waals surface area contributed by atoms with Crippen molar-refractivity contribution < 1.29 is 37.6 Å². The van der Waals surface area contributed by atoms with Crippen LogP contribution in [0.15, 0.2) is 24.3 Å². The topological polar surface area (TPSA) is 134 Å². The van der Waals surface area contributed by atoms with Gasteiger partial charge < -0.3 is 20.1 Å². The third-order valence-electron chi connectivity index (χ3n) is 9.59. The molecule has 0 aromatic heterocycles. The van der Waals surface area contributed by atoms with Gasteiger partial charge in [0.1, 0.15) is 6.61 Å². The number of rotatable bonds is 42. The number of phosphoric ester groups is 1. The second-order valence-electron chi connectivity index (χ2n) is 14.9. The molecule has 0 aliphatic rings. The number of allylic oxidation sites excluding steroid dienone is 4. The average Bonchev–Trinajstić information content (AvgIpc) is 3.16. The number of hydrogen-bond donors (Lipinski definition) is 2. The molecular weight excluding hydrogens is 701 g/mol. The summed E-state index contributed by atoms with van der Waals surface area (Å²) in [5.74, 6) is -0.827. The van der Waals surface area contributed by atoms with E-state index in [1.54, 1.807) is 0 Å². The molecule has 0 radical (unpaired) electrons. The Bertz CT molecular complexity index is 944. The van der Waals surface area contributed by atoms with Gasteiger partial charge in [0, 0.05) is 19.4 Å². The van der Waals surface area contributed by atoms with E-state index in [2.05, 4.69) is 38.2 Å². The Hall–Kier alpha value is -1.51. The highest BCUT2D eigenvalue weighted by Gasteiger charge is 2.26. The first-order valence-corrected chi connectivity index (χ1v) is 23.8. The first-order chi connectivity index (χ1) is 26.3. The van der Waals surface area contributed by atoms with Crippen LogP contribution < -0.4 is 5.73 Å². The summed E-state index contributed by atoms with van der Waals surface area (Å²) in [6.07, 6.45) is 43.8. The maximum Gasteiger partial charge on any atom is 0.472 e. The van der Waals surface area contributed by atoms with Crippen molar-refractivity contribution in [3.8, 4) is 0 Å². The Balaban J connectivity index is 3.95. The van der Waals surface area contributed by atoms with Crippen molar-refractivity contribution in [3.63, 3.8) is 0 Å². The summed E-state index contributed by atoms with van der Waals surface area (Å²) in [4.78, 5) is 34.7. The zero-order valence-corrected chi connectivity index (χ0v) is 35.9. The van der Waals surface area contributed by atoms with Crippen molar-refractivity contribution in [1.29, 1.82) is 0 Å². The number of esters is 2. The van der Waals surface area contributed by atoms with Gasteiger partial charge in [-0.25, -0.2) is 4.57 Å². The molecule has 0 heterocycles. The van der Waals surface area contributed by atoms with Crippen LogP contribution in [0.4, 0.5) is 0 Å². The van der Waals surface area contributed by atoms with Crippen molar-refractivity contribution in [2.24, 2.45) is 5.73 Å². The number of carbonyl (C=O) groups is 2. The maximum absolute atomic E-state index is 12.6. The molecule has 0 fully saturated rings. The molecule has 0 aliphatic carbocycles. The summed E-state index contributed by atoms with van der Waals surface area (Å²) in [5, 5.41) is 0. The van der Waals surface area contributed by atoms with Gasteiger partial charge in [0.2, 0.25) is 0 Å². The molecule has 0 saturated heterocycles. The number of carbonyl (C=O) groups excluding carboxylic acids is 2. The van der Waals surface area contributed by atoms with Crippen molar-refractivity contribution in [2.45, 2.75) is 219 Å². The smallest absolute Gasteiger partial charge is 0.462 e. The molecular formula is C44H84NO8P. The minimum atomic E-state index is -4.37. The monoisotopic (exact) mass is 786 g/mol. The summed E-state index contributed by atoms with van der Waals surface area (Å²) in [7, 11) is -4.37. The van der Waals surface area contributed by atoms with Gasteiger partial charge in [-0.05, 0) is 44.9 Å². The summed E-state index contributed by atoms with van der Waals surface area (Å²) < 4.78 is 32.7. The SMILES string of the molecule is CCCCCCC/C=C\C/C=C\CCCCCCCCCCCCCCCC(=O)OC(COC(=O)CCCCCCCCCC)COP(=O)(O)OCCN. The van der Waals surface area contributed by atoms with Crippen molar-refractivity contribution in [3.05, 3.63) is 24.3 Å². The van der Waals surface area contributed by atoms with Crippen molar-refractivity contribution in [1.82, 2.24) is 0 Å². The fourth-order valence-electron chi connectivity index (χ4n) is 6.25. The minimum absolute atomic E-state index is 0.0551. The zero-order valence-electron chi connectivity index (χ0n) is 35.0. The Morgan fingerprint density at radius 2 is 0.963 bits per heavy atom. The van der Waals surface area contributed by atoms with E-state index >= 15 is 0 Å². The van der Waals surface area contributed by atoms with Crippen LogP contribution in [-0.4, -0.2) is 49.3 Å². The summed E-state index contributed by atoms with van der Waals surface area (Å²) in [6.45, 7) is 3.70. The number of hydrogen-bond acceptors (Lipinski definition) is 8. The van der Waals surface area contributed by atoms with E-state index < -0.39 is 26.5 Å². The van der Waals surface area contributed by atoms with Crippen LogP contribution in [0.5, 0.6) is 0 Å². The first-order valence-electron chi connectivity index (χ1n) is 22.3. The van der Waals surface area contributed by atoms with E-state index in [1.807, 2.05) is 0 Å². The van der Waals surface area contributed by atoms with Gasteiger partial charge in [-0.15, -0.1) is 0 Å². The largest absolute Gasteiger partial charge is 0.472 e. The lowest BCUT2D eigenvalue weighted by atomic mass is 10.0. The van der Waals surface area contributed by atoms with E-state index in [1.165, 1.54) is 135 Å². The van der Waals surface area contributed by atoms with Crippen LogP contribution >= 0.6 is 7.82 Å². The van der Waals surface area contributed by atoms with Crippen LogP contribution in [0.1, 0.15) is 213 Å². The van der Waals surface area contributed by atoms with E-state index in [0.717, 1.165) is 44.9 Å². The van der Waals surface area contributed by atoms with E-state index in [-0.39, 0.29) is 38.6 Å². The van der Waals surface area contributed by atoms with Gasteiger partial charge in [-0.3, -0.25) is 18.6 Å². The van der Waals surface area contributed by atoms with Gasteiger partial charge >= 0.3 is 19.8 Å². The quantitative estimate of drug-likeness (QED) is 0.0268. The third-order valence-corrected chi connectivity index (χ3v) is 10.6. The molecule has 2 unspecified atom stereocenters. The molecule has 0 aliphatic heterocycles. The number of phosphoric acid groups is 1. The number of nitrogens with two attached hydrogens (primary N) is 1. The minimum Gasteiger partial charge on any atom is -0.462 e. The predicted octanol–water partition coefficient (Wildman–Crippen LogP) is 12.8. The normalized spacial score (nSPS) is 13.5.